The zero-order chi connectivity index (χ0) is 15.3. The second-order valence-electron chi connectivity index (χ2n) is 4.09. The molecule has 0 aliphatic heterocycles. The fourth-order valence-corrected chi connectivity index (χ4v) is 3.36. The van der Waals surface area contributed by atoms with Crippen molar-refractivity contribution in [3.8, 4) is 18.1 Å². The molecule has 0 fully saturated rings. The first-order valence-electron chi connectivity index (χ1n) is 5.79. The minimum atomic E-state index is -3.75. The molecule has 1 aromatic rings. The summed E-state index contributed by atoms with van der Waals surface area (Å²) in [6.07, 6.45) is 5.16. The van der Waals surface area contributed by atoms with E-state index in [9.17, 15) is 8.42 Å². The zero-order valence-electron chi connectivity index (χ0n) is 11.6. The third kappa shape index (κ3) is 3.44. The number of terminal acetylenes is 1. The van der Waals surface area contributed by atoms with Crippen LogP contribution in [-0.4, -0.2) is 40.5 Å². The fraction of sp³-hybridized carbons (Fsp3) is 0.385. The number of nitrogens with zero attached hydrogens (tertiary/aromatic N) is 1. The van der Waals surface area contributed by atoms with Gasteiger partial charge in [0.1, 0.15) is 10.6 Å². The minimum absolute atomic E-state index is 0.00972. The van der Waals surface area contributed by atoms with Crippen molar-refractivity contribution >= 4 is 21.6 Å². The molecule has 0 unspecified atom stereocenters. The molecular formula is C13H17ClN2O3S. The molecule has 1 aromatic carbocycles. The highest BCUT2D eigenvalue weighted by Gasteiger charge is 2.26. The lowest BCUT2D eigenvalue weighted by atomic mass is 10.2. The monoisotopic (exact) mass is 316 g/mol. The van der Waals surface area contributed by atoms with Gasteiger partial charge in [-0.05, 0) is 19.2 Å². The maximum Gasteiger partial charge on any atom is 0.247 e. The lowest BCUT2D eigenvalue weighted by molar-refractivity contribution is 0.393. The second-order valence-corrected chi connectivity index (χ2v) is 6.54. The summed E-state index contributed by atoms with van der Waals surface area (Å²) in [6, 6.07) is 3.03. The van der Waals surface area contributed by atoms with Crippen molar-refractivity contribution in [1.29, 1.82) is 0 Å². The quantitative estimate of drug-likeness (QED) is 0.804. The molecule has 110 valence electrons. The largest absolute Gasteiger partial charge is 0.495 e. The van der Waals surface area contributed by atoms with Gasteiger partial charge in [-0.15, -0.1) is 6.42 Å². The summed E-state index contributed by atoms with van der Waals surface area (Å²) in [4.78, 5) is 0.00972. The Kier molecular flexibility index (Phi) is 5.84. The molecule has 0 heterocycles. The lowest BCUT2D eigenvalue weighted by Gasteiger charge is -2.19. The van der Waals surface area contributed by atoms with Crippen LogP contribution in [0.2, 0.25) is 5.02 Å². The molecule has 0 atom stereocenters. The van der Waals surface area contributed by atoms with Crippen LogP contribution in [0.1, 0.15) is 5.56 Å². The Balaban J connectivity index is 3.48. The lowest BCUT2D eigenvalue weighted by Crippen LogP contribution is -2.28. The topological polar surface area (TPSA) is 58.6 Å². The smallest absolute Gasteiger partial charge is 0.247 e. The average Bonchev–Trinajstić information content (AvgIpc) is 2.38. The van der Waals surface area contributed by atoms with Crippen molar-refractivity contribution in [3.63, 3.8) is 0 Å². The molecule has 0 saturated heterocycles. The van der Waals surface area contributed by atoms with Crippen LogP contribution >= 0.6 is 11.6 Å². The first-order chi connectivity index (χ1) is 9.38. The number of methoxy groups -OCH3 is 1. The Hall–Kier alpha value is -1.26. The van der Waals surface area contributed by atoms with Crippen molar-refractivity contribution in [2.24, 2.45) is 0 Å². The third-order valence-corrected chi connectivity index (χ3v) is 4.70. The van der Waals surface area contributed by atoms with E-state index in [-0.39, 0.29) is 17.2 Å². The molecule has 0 radical (unpaired) electrons. The van der Waals surface area contributed by atoms with Gasteiger partial charge in [0.2, 0.25) is 10.0 Å². The van der Waals surface area contributed by atoms with E-state index in [2.05, 4.69) is 11.2 Å². The average molecular weight is 317 g/mol. The number of hydrogen-bond donors (Lipinski definition) is 1. The Morgan fingerprint density at radius 2 is 2.15 bits per heavy atom. The number of nitrogens with one attached hydrogen (secondary N) is 1. The van der Waals surface area contributed by atoms with Crippen LogP contribution in [0.15, 0.2) is 17.0 Å². The van der Waals surface area contributed by atoms with Gasteiger partial charge in [-0.25, -0.2) is 8.42 Å². The molecule has 0 spiro atoms. The highest BCUT2D eigenvalue weighted by molar-refractivity contribution is 7.89. The van der Waals surface area contributed by atoms with Gasteiger partial charge in [-0.3, -0.25) is 0 Å². The SMILES string of the molecule is C#CCN(C)S(=O)(=O)c1cc(Cl)cc(CNC)c1OC. The van der Waals surface area contributed by atoms with Crippen LogP contribution in [0.4, 0.5) is 0 Å². The standard InChI is InChI=1S/C13H17ClN2O3S/c1-5-6-16(3)20(17,18)12-8-11(14)7-10(9-15-2)13(12)19-4/h1,7-8,15H,6,9H2,2-4H3. The zero-order valence-corrected chi connectivity index (χ0v) is 13.2. The molecule has 1 rings (SSSR count). The van der Waals surface area contributed by atoms with Gasteiger partial charge in [0.25, 0.3) is 0 Å². The van der Waals surface area contributed by atoms with E-state index >= 15 is 0 Å². The van der Waals surface area contributed by atoms with Crippen molar-refractivity contribution < 1.29 is 13.2 Å². The van der Waals surface area contributed by atoms with E-state index in [4.69, 9.17) is 22.8 Å². The second kappa shape index (κ2) is 6.95. The summed E-state index contributed by atoms with van der Waals surface area (Å²) in [5.41, 5.74) is 0.662. The van der Waals surface area contributed by atoms with E-state index in [0.717, 1.165) is 4.31 Å². The fourth-order valence-electron chi connectivity index (χ4n) is 1.75. The summed E-state index contributed by atoms with van der Waals surface area (Å²) in [5, 5.41) is 3.26. The first-order valence-corrected chi connectivity index (χ1v) is 7.61. The maximum atomic E-state index is 12.5. The number of rotatable bonds is 6. The van der Waals surface area contributed by atoms with Gasteiger partial charge in [0.15, 0.2) is 0 Å². The van der Waals surface area contributed by atoms with Gasteiger partial charge in [0, 0.05) is 24.2 Å². The molecule has 7 heteroatoms. The van der Waals surface area contributed by atoms with Crippen molar-refractivity contribution in [1.82, 2.24) is 9.62 Å². The molecule has 5 nitrogen and oxygen atoms in total. The molecule has 20 heavy (non-hydrogen) atoms. The Morgan fingerprint density at radius 1 is 1.50 bits per heavy atom. The summed E-state index contributed by atoms with van der Waals surface area (Å²) >= 11 is 6.00. The number of sulfonamides is 1. The minimum Gasteiger partial charge on any atom is -0.495 e. The molecule has 1 N–H and O–H groups in total. The van der Waals surface area contributed by atoms with Crippen LogP contribution in [-0.2, 0) is 16.6 Å². The van der Waals surface area contributed by atoms with E-state index in [0.29, 0.717) is 17.1 Å². The van der Waals surface area contributed by atoms with Gasteiger partial charge in [-0.2, -0.15) is 4.31 Å². The Bertz CT molecular complexity index is 623. The van der Waals surface area contributed by atoms with Crippen molar-refractivity contribution in [2.45, 2.75) is 11.4 Å². The summed E-state index contributed by atoms with van der Waals surface area (Å²) in [5.74, 6) is 2.57. The number of ether oxygens (including phenoxy) is 1. The summed E-state index contributed by atoms with van der Waals surface area (Å²) in [7, 11) is 0.825. The molecule has 0 aromatic heterocycles. The van der Waals surface area contributed by atoms with E-state index in [1.54, 1.807) is 13.1 Å². The van der Waals surface area contributed by atoms with E-state index in [1.165, 1.54) is 20.2 Å². The van der Waals surface area contributed by atoms with Crippen LogP contribution in [0.25, 0.3) is 0 Å². The Morgan fingerprint density at radius 3 is 2.65 bits per heavy atom. The number of hydrogen-bond acceptors (Lipinski definition) is 4. The number of halogens is 1. The Labute approximate surface area is 124 Å². The summed E-state index contributed by atoms with van der Waals surface area (Å²) < 4.78 is 31.3. The van der Waals surface area contributed by atoms with Crippen LogP contribution in [0.3, 0.4) is 0 Å². The molecule has 0 amide bonds. The normalized spacial score (nSPS) is 11.4. The third-order valence-electron chi connectivity index (χ3n) is 2.67. The predicted molar refractivity (Wildman–Crippen MR) is 79.4 cm³/mol. The van der Waals surface area contributed by atoms with Crippen molar-refractivity contribution in [2.75, 3.05) is 27.7 Å². The van der Waals surface area contributed by atoms with Gasteiger partial charge < -0.3 is 10.1 Å². The highest BCUT2D eigenvalue weighted by atomic mass is 35.5. The predicted octanol–water partition coefficient (Wildman–Crippen LogP) is 1.32. The molecule has 0 saturated carbocycles. The van der Waals surface area contributed by atoms with Crippen LogP contribution in [0.5, 0.6) is 5.75 Å². The molecular weight excluding hydrogens is 300 g/mol. The van der Waals surface area contributed by atoms with Gasteiger partial charge in [-0.1, -0.05) is 17.5 Å². The molecule has 0 aliphatic rings. The molecule has 0 aliphatic carbocycles. The van der Waals surface area contributed by atoms with Gasteiger partial charge >= 0.3 is 0 Å². The van der Waals surface area contributed by atoms with E-state index in [1.807, 2.05) is 0 Å². The van der Waals surface area contributed by atoms with Crippen LogP contribution < -0.4 is 10.1 Å². The van der Waals surface area contributed by atoms with E-state index < -0.39 is 10.0 Å². The first kappa shape index (κ1) is 16.8. The summed E-state index contributed by atoms with van der Waals surface area (Å²) in [6.45, 7) is 0.407. The van der Waals surface area contributed by atoms with Crippen LogP contribution in [0, 0.1) is 12.3 Å². The number of benzene rings is 1. The molecule has 0 bridgehead atoms. The highest BCUT2D eigenvalue weighted by Crippen LogP contribution is 2.33. The van der Waals surface area contributed by atoms with Crippen molar-refractivity contribution in [3.05, 3.63) is 22.7 Å². The van der Waals surface area contributed by atoms with Gasteiger partial charge in [0.05, 0.1) is 13.7 Å². The maximum absolute atomic E-state index is 12.5.